The van der Waals surface area contributed by atoms with Crippen LogP contribution in [0.3, 0.4) is 0 Å². The maximum Gasteiger partial charge on any atom is 0.345 e. The van der Waals surface area contributed by atoms with Gasteiger partial charge in [0.25, 0.3) is 11.3 Å². The molecular formula is C9H10N4O4. The highest BCUT2D eigenvalue weighted by atomic mass is 16.5. The molecule has 8 nitrogen and oxygen atoms in total. The van der Waals surface area contributed by atoms with Crippen LogP contribution < -0.4 is 10.3 Å². The van der Waals surface area contributed by atoms with E-state index in [1.54, 1.807) is 6.92 Å². The summed E-state index contributed by atoms with van der Waals surface area (Å²) in [5.41, 5.74) is -0.736. The average Bonchev–Trinajstić information content (AvgIpc) is 2.73. The highest BCUT2D eigenvalue weighted by Gasteiger charge is 2.16. The van der Waals surface area contributed by atoms with Gasteiger partial charge in [0.1, 0.15) is 5.56 Å². The number of fused-ring (bicyclic) bond motifs is 1. The van der Waals surface area contributed by atoms with Gasteiger partial charge in [-0.05, 0) is 6.92 Å². The first-order valence-corrected chi connectivity index (χ1v) is 4.86. The number of H-pyrrole nitrogens is 1. The SMILES string of the molecule is CCOC(=O)c1cnc2nc(OC)[nH]n2c1=O. The second-order valence-corrected chi connectivity index (χ2v) is 3.07. The Hall–Kier alpha value is -2.38. The van der Waals surface area contributed by atoms with Crippen molar-refractivity contribution in [3.8, 4) is 6.01 Å². The zero-order valence-electron chi connectivity index (χ0n) is 9.26. The third kappa shape index (κ3) is 1.84. The lowest BCUT2D eigenvalue weighted by Gasteiger charge is -1.99. The second kappa shape index (κ2) is 4.24. The maximum absolute atomic E-state index is 11.9. The monoisotopic (exact) mass is 238 g/mol. The van der Waals surface area contributed by atoms with E-state index in [1.807, 2.05) is 0 Å². The quantitative estimate of drug-likeness (QED) is 0.731. The standard InChI is InChI=1S/C9H10N4O4/c1-3-17-7(15)5-4-10-8-11-9(16-2)12-13(8)6(5)14/h4H,3H2,1-2H3,(H,10,11,12). The number of nitrogens with one attached hydrogen (secondary N) is 1. The van der Waals surface area contributed by atoms with Crippen molar-refractivity contribution in [2.45, 2.75) is 6.92 Å². The summed E-state index contributed by atoms with van der Waals surface area (Å²) < 4.78 is 10.6. The number of hydrogen-bond donors (Lipinski definition) is 1. The molecule has 0 saturated carbocycles. The molecule has 0 aliphatic rings. The van der Waals surface area contributed by atoms with Crippen molar-refractivity contribution in [2.24, 2.45) is 0 Å². The van der Waals surface area contributed by atoms with Gasteiger partial charge in [-0.3, -0.25) is 4.79 Å². The van der Waals surface area contributed by atoms with Crippen LogP contribution >= 0.6 is 0 Å². The van der Waals surface area contributed by atoms with Crippen LogP contribution in [0.5, 0.6) is 6.01 Å². The fraction of sp³-hybridized carbons (Fsp3) is 0.333. The Labute approximate surface area is 95.2 Å². The molecule has 0 amide bonds. The number of aromatic nitrogens is 4. The van der Waals surface area contributed by atoms with Gasteiger partial charge in [0.2, 0.25) is 0 Å². The molecule has 0 saturated heterocycles. The molecule has 17 heavy (non-hydrogen) atoms. The Morgan fingerprint density at radius 3 is 3.00 bits per heavy atom. The van der Waals surface area contributed by atoms with Crippen molar-refractivity contribution >= 4 is 11.7 Å². The molecule has 2 aromatic heterocycles. The van der Waals surface area contributed by atoms with Gasteiger partial charge in [0, 0.05) is 0 Å². The normalized spacial score (nSPS) is 10.5. The second-order valence-electron chi connectivity index (χ2n) is 3.07. The number of hydrogen-bond acceptors (Lipinski definition) is 6. The number of esters is 1. The number of carbonyl (C=O) groups excluding carboxylic acids is 1. The van der Waals surface area contributed by atoms with Crippen molar-refractivity contribution < 1.29 is 14.3 Å². The average molecular weight is 238 g/mol. The van der Waals surface area contributed by atoms with E-state index >= 15 is 0 Å². The molecule has 1 N–H and O–H groups in total. The summed E-state index contributed by atoms with van der Waals surface area (Å²) >= 11 is 0. The van der Waals surface area contributed by atoms with Gasteiger partial charge in [-0.1, -0.05) is 0 Å². The lowest BCUT2D eigenvalue weighted by molar-refractivity contribution is 0.0523. The van der Waals surface area contributed by atoms with Crippen molar-refractivity contribution in [2.75, 3.05) is 13.7 Å². The van der Waals surface area contributed by atoms with Crippen LogP contribution in [0.15, 0.2) is 11.0 Å². The van der Waals surface area contributed by atoms with E-state index in [-0.39, 0.29) is 24.0 Å². The highest BCUT2D eigenvalue weighted by Crippen LogP contribution is 2.03. The molecule has 0 atom stereocenters. The topological polar surface area (TPSA) is 98.6 Å². The molecule has 0 unspecified atom stereocenters. The predicted molar refractivity (Wildman–Crippen MR) is 56.1 cm³/mol. The smallest absolute Gasteiger partial charge is 0.345 e. The molecule has 0 aromatic carbocycles. The number of methoxy groups -OCH3 is 1. The van der Waals surface area contributed by atoms with Crippen molar-refractivity contribution in [3.05, 3.63) is 22.1 Å². The summed E-state index contributed by atoms with van der Waals surface area (Å²) in [5.74, 6) is -0.590. The van der Waals surface area contributed by atoms with Gasteiger partial charge >= 0.3 is 12.0 Å². The van der Waals surface area contributed by atoms with Crippen LogP contribution in [0.25, 0.3) is 5.78 Å². The summed E-state index contributed by atoms with van der Waals surface area (Å²) in [6.45, 7) is 1.84. The molecule has 8 heteroatoms. The third-order valence-electron chi connectivity index (χ3n) is 2.04. The first-order chi connectivity index (χ1) is 8.17. The zero-order chi connectivity index (χ0) is 12.4. The first kappa shape index (κ1) is 11.1. The van der Waals surface area contributed by atoms with Gasteiger partial charge in [-0.2, -0.15) is 9.50 Å². The van der Waals surface area contributed by atoms with Gasteiger partial charge < -0.3 is 9.47 Å². The summed E-state index contributed by atoms with van der Waals surface area (Å²) in [7, 11) is 1.40. The zero-order valence-corrected chi connectivity index (χ0v) is 9.26. The van der Waals surface area contributed by atoms with E-state index in [2.05, 4.69) is 15.1 Å². The van der Waals surface area contributed by atoms with E-state index in [0.717, 1.165) is 10.7 Å². The van der Waals surface area contributed by atoms with E-state index in [0.29, 0.717) is 0 Å². The van der Waals surface area contributed by atoms with E-state index in [4.69, 9.17) is 9.47 Å². The Morgan fingerprint density at radius 1 is 1.59 bits per heavy atom. The first-order valence-electron chi connectivity index (χ1n) is 4.86. The fourth-order valence-corrected chi connectivity index (χ4v) is 1.28. The minimum atomic E-state index is -0.715. The van der Waals surface area contributed by atoms with Gasteiger partial charge in [0.05, 0.1) is 19.9 Å². The molecule has 0 aliphatic heterocycles. The molecular weight excluding hydrogens is 228 g/mol. The molecule has 2 rings (SSSR count). The lowest BCUT2D eigenvalue weighted by atomic mass is 10.3. The van der Waals surface area contributed by atoms with Crippen molar-refractivity contribution in [1.29, 1.82) is 0 Å². The largest absolute Gasteiger partial charge is 0.467 e. The molecule has 0 radical (unpaired) electrons. The minimum absolute atomic E-state index is 0.125. The van der Waals surface area contributed by atoms with Crippen molar-refractivity contribution in [3.63, 3.8) is 0 Å². The Bertz CT molecular complexity index is 615. The van der Waals surface area contributed by atoms with Crippen LogP contribution in [0.2, 0.25) is 0 Å². The highest BCUT2D eigenvalue weighted by molar-refractivity contribution is 5.88. The summed E-state index contributed by atoms with van der Waals surface area (Å²) in [5, 5.41) is 2.55. The Kier molecular flexibility index (Phi) is 2.77. The molecule has 2 aromatic rings. The molecule has 0 spiro atoms. The van der Waals surface area contributed by atoms with Crippen LogP contribution in [0.4, 0.5) is 0 Å². The number of rotatable bonds is 3. The predicted octanol–water partition coefficient (Wildman–Crippen LogP) is -0.397. The number of carbonyl (C=O) groups is 1. The van der Waals surface area contributed by atoms with Crippen LogP contribution in [0.1, 0.15) is 17.3 Å². The Morgan fingerprint density at radius 2 is 2.35 bits per heavy atom. The third-order valence-corrected chi connectivity index (χ3v) is 2.04. The summed E-state index contributed by atoms with van der Waals surface area (Å²) in [6.07, 6.45) is 1.13. The van der Waals surface area contributed by atoms with Crippen molar-refractivity contribution in [1.82, 2.24) is 19.6 Å². The maximum atomic E-state index is 11.9. The minimum Gasteiger partial charge on any atom is -0.467 e. The lowest BCUT2D eigenvalue weighted by Crippen LogP contribution is -2.24. The van der Waals surface area contributed by atoms with Crippen LogP contribution in [-0.4, -0.2) is 39.3 Å². The van der Waals surface area contributed by atoms with E-state index < -0.39 is 11.5 Å². The molecule has 0 aliphatic carbocycles. The van der Waals surface area contributed by atoms with Gasteiger partial charge in [-0.25, -0.2) is 14.9 Å². The van der Waals surface area contributed by atoms with Gasteiger partial charge in [0.15, 0.2) is 0 Å². The van der Waals surface area contributed by atoms with Crippen LogP contribution in [-0.2, 0) is 4.74 Å². The van der Waals surface area contributed by atoms with Gasteiger partial charge in [-0.15, -0.1) is 0 Å². The van der Waals surface area contributed by atoms with E-state index in [1.165, 1.54) is 7.11 Å². The number of ether oxygens (including phenoxy) is 2. The van der Waals surface area contributed by atoms with E-state index in [9.17, 15) is 9.59 Å². The number of nitrogens with zero attached hydrogens (tertiary/aromatic N) is 3. The molecule has 0 bridgehead atoms. The molecule has 90 valence electrons. The molecule has 0 fully saturated rings. The molecule has 2 heterocycles. The number of aromatic amines is 1. The van der Waals surface area contributed by atoms with Crippen LogP contribution in [0, 0.1) is 0 Å². The fourth-order valence-electron chi connectivity index (χ4n) is 1.28. The summed E-state index contributed by atoms with van der Waals surface area (Å²) in [6, 6.07) is 0.135. The Balaban J connectivity index is 2.57. The summed E-state index contributed by atoms with van der Waals surface area (Å²) in [4.78, 5) is 31.0.